The fraction of sp³-hybridized carbons (Fsp3) is 0.222. The molecule has 0 heterocycles. The summed E-state index contributed by atoms with van der Waals surface area (Å²) >= 11 is 5.64. The fourth-order valence-electron chi connectivity index (χ4n) is 2.18. The second-order valence-corrected chi connectivity index (χ2v) is 5.76. The van der Waals surface area contributed by atoms with E-state index in [0.717, 1.165) is 11.6 Å². The van der Waals surface area contributed by atoms with Crippen molar-refractivity contribution in [3.63, 3.8) is 0 Å². The molecule has 0 aliphatic rings. The van der Waals surface area contributed by atoms with Crippen LogP contribution in [0, 0.1) is 12.7 Å². The van der Waals surface area contributed by atoms with Gasteiger partial charge in [0.05, 0.1) is 19.2 Å². The first-order valence-electron chi connectivity index (χ1n) is 7.43. The summed E-state index contributed by atoms with van der Waals surface area (Å²) in [5.74, 6) is -1.34. The molecule has 0 spiro atoms. The lowest BCUT2D eigenvalue weighted by atomic mass is 10.1. The molecule has 0 fully saturated rings. The summed E-state index contributed by atoms with van der Waals surface area (Å²) in [7, 11) is 1.51. The zero-order valence-corrected chi connectivity index (χ0v) is 14.5. The van der Waals surface area contributed by atoms with E-state index in [1.54, 1.807) is 6.07 Å². The van der Waals surface area contributed by atoms with E-state index >= 15 is 0 Å². The molecule has 25 heavy (non-hydrogen) atoms. The molecule has 0 atom stereocenters. The first-order valence-corrected chi connectivity index (χ1v) is 7.81. The molecule has 0 saturated carbocycles. The van der Waals surface area contributed by atoms with Crippen LogP contribution in [0.1, 0.15) is 11.1 Å². The molecule has 0 radical (unpaired) electrons. The molecule has 2 rings (SSSR count). The van der Waals surface area contributed by atoms with Crippen LogP contribution in [0.25, 0.3) is 0 Å². The third-order valence-corrected chi connectivity index (χ3v) is 3.58. The number of rotatable bonds is 6. The van der Waals surface area contributed by atoms with Gasteiger partial charge >= 0.3 is 5.97 Å². The maximum atomic E-state index is 13.6. The van der Waals surface area contributed by atoms with Gasteiger partial charge in [0.1, 0.15) is 11.6 Å². The molecule has 0 aliphatic heterocycles. The minimum absolute atomic E-state index is 0.0343. The highest BCUT2D eigenvalue weighted by molar-refractivity contribution is 6.30. The highest BCUT2D eigenvalue weighted by Gasteiger charge is 2.13. The minimum atomic E-state index is -0.670. The van der Waals surface area contributed by atoms with Gasteiger partial charge in [-0.25, -0.2) is 4.39 Å². The standard InChI is InChI=1S/C18H17ClFNO4/c1-11-3-6-16(24-2)12(7-11)8-18(23)25-10-17(22)21-15-5-4-13(19)9-14(15)20/h3-7,9H,8,10H2,1-2H3,(H,21,22). The van der Waals surface area contributed by atoms with E-state index in [-0.39, 0.29) is 17.1 Å². The SMILES string of the molecule is COc1ccc(C)cc1CC(=O)OCC(=O)Nc1ccc(Cl)cc1F. The largest absolute Gasteiger partial charge is 0.496 e. The van der Waals surface area contributed by atoms with E-state index in [2.05, 4.69) is 5.32 Å². The van der Waals surface area contributed by atoms with Gasteiger partial charge in [-0.1, -0.05) is 29.3 Å². The summed E-state index contributed by atoms with van der Waals surface area (Å²) in [4.78, 5) is 23.7. The maximum absolute atomic E-state index is 13.6. The number of carbonyl (C=O) groups excluding carboxylic acids is 2. The van der Waals surface area contributed by atoms with Crippen molar-refractivity contribution in [1.82, 2.24) is 0 Å². The van der Waals surface area contributed by atoms with Gasteiger partial charge in [-0.15, -0.1) is 0 Å². The van der Waals surface area contributed by atoms with Crippen molar-refractivity contribution in [2.24, 2.45) is 0 Å². The van der Waals surface area contributed by atoms with Crippen molar-refractivity contribution in [1.29, 1.82) is 0 Å². The Morgan fingerprint density at radius 3 is 2.64 bits per heavy atom. The summed E-state index contributed by atoms with van der Waals surface area (Å²) in [6, 6.07) is 9.28. The van der Waals surface area contributed by atoms with Crippen molar-refractivity contribution in [2.75, 3.05) is 19.0 Å². The van der Waals surface area contributed by atoms with Gasteiger partial charge in [-0.2, -0.15) is 0 Å². The lowest BCUT2D eigenvalue weighted by molar-refractivity contribution is -0.146. The first kappa shape index (κ1) is 18.7. The zero-order valence-electron chi connectivity index (χ0n) is 13.8. The Morgan fingerprint density at radius 1 is 1.20 bits per heavy atom. The molecule has 1 N–H and O–H groups in total. The topological polar surface area (TPSA) is 64.6 Å². The third-order valence-electron chi connectivity index (χ3n) is 3.34. The summed E-state index contributed by atoms with van der Waals surface area (Å²) in [6.45, 7) is 1.37. The number of anilines is 1. The molecule has 132 valence electrons. The Balaban J connectivity index is 1.89. The Hall–Kier alpha value is -2.60. The van der Waals surface area contributed by atoms with Crippen LogP contribution < -0.4 is 10.1 Å². The number of ether oxygens (including phenoxy) is 2. The number of nitrogens with one attached hydrogen (secondary N) is 1. The predicted molar refractivity (Wildman–Crippen MR) is 92.4 cm³/mol. The van der Waals surface area contributed by atoms with E-state index < -0.39 is 24.3 Å². The minimum Gasteiger partial charge on any atom is -0.496 e. The molecule has 5 nitrogen and oxygen atoms in total. The number of hydrogen-bond acceptors (Lipinski definition) is 4. The summed E-state index contributed by atoms with van der Waals surface area (Å²) in [5.41, 5.74) is 1.60. The van der Waals surface area contributed by atoms with Gasteiger partial charge in [0.15, 0.2) is 6.61 Å². The Labute approximate surface area is 149 Å². The number of aryl methyl sites for hydroxylation is 1. The normalized spacial score (nSPS) is 10.2. The van der Waals surface area contributed by atoms with Gasteiger partial charge in [0.25, 0.3) is 5.91 Å². The molecule has 0 unspecified atom stereocenters. The molecule has 0 saturated heterocycles. The molecule has 0 aromatic heterocycles. The van der Waals surface area contributed by atoms with Crippen LogP contribution >= 0.6 is 11.6 Å². The molecular formula is C18H17ClFNO4. The van der Waals surface area contributed by atoms with Crippen LogP contribution in [0.3, 0.4) is 0 Å². The zero-order chi connectivity index (χ0) is 18.4. The van der Waals surface area contributed by atoms with Crippen molar-refractivity contribution in [2.45, 2.75) is 13.3 Å². The number of amides is 1. The van der Waals surface area contributed by atoms with Gasteiger partial charge in [-0.05, 0) is 31.2 Å². The fourth-order valence-corrected chi connectivity index (χ4v) is 2.33. The lowest BCUT2D eigenvalue weighted by Crippen LogP contribution is -2.22. The summed E-state index contributed by atoms with van der Waals surface area (Å²) < 4.78 is 23.7. The number of methoxy groups -OCH3 is 1. The Kier molecular flexibility index (Phi) is 6.36. The molecular weight excluding hydrogens is 349 g/mol. The molecule has 0 bridgehead atoms. The predicted octanol–water partition coefficient (Wildman–Crippen LogP) is 3.52. The molecule has 2 aromatic carbocycles. The quantitative estimate of drug-likeness (QED) is 0.795. The third kappa shape index (κ3) is 5.46. The summed E-state index contributed by atoms with van der Waals surface area (Å²) in [5, 5.41) is 2.53. The molecule has 1 amide bonds. The number of benzene rings is 2. The van der Waals surface area contributed by atoms with Crippen molar-refractivity contribution < 1.29 is 23.5 Å². The number of carbonyl (C=O) groups is 2. The number of hydrogen-bond donors (Lipinski definition) is 1. The smallest absolute Gasteiger partial charge is 0.310 e. The second kappa shape index (κ2) is 8.48. The van der Waals surface area contributed by atoms with E-state index in [4.69, 9.17) is 21.1 Å². The molecule has 7 heteroatoms. The van der Waals surface area contributed by atoms with Crippen LogP contribution in [0.15, 0.2) is 36.4 Å². The van der Waals surface area contributed by atoms with Gasteiger partial charge in [-0.3, -0.25) is 9.59 Å². The second-order valence-electron chi connectivity index (χ2n) is 5.33. The van der Waals surface area contributed by atoms with E-state index in [9.17, 15) is 14.0 Å². The molecule has 0 aliphatic carbocycles. The van der Waals surface area contributed by atoms with Gasteiger partial charge in [0, 0.05) is 10.6 Å². The average Bonchev–Trinajstić information content (AvgIpc) is 2.56. The number of halogens is 2. The Bertz CT molecular complexity index is 795. The van der Waals surface area contributed by atoms with Crippen LogP contribution in [0.2, 0.25) is 5.02 Å². The van der Waals surface area contributed by atoms with E-state index in [1.807, 2.05) is 19.1 Å². The van der Waals surface area contributed by atoms with E-state index in [1.165, 1.54) is 19.2 Å². The van der Waals surface area contributed by atoms with Crippen molar-refractivity contribution >= 4 is 29.2 Å². The van der Waals surface area contributed by atoms with Crippen molar-refractivity contribution in [3.05, 3.63) is 58.4 Å². The highest BCUT2D eigenvalue weighted by atomic mass is 35.5. The van der Waals surface area contributed by atoms with Crippen LogP contribution in [0.5, 0.6) is 5.75 Å². The monoisotopic (exact) mass is 365 g/mol. The first-order chi connectivity index (χ1) is 11.9. The van der Waals surface area contributed by atoms with Gasteiger partial charge in [0.2, 0.25) is 0 Å². The lowest BCUT2D eigenvalue weighted by Gasteiger charge is -2.10. The molecule has 2 aromatic rings. The summed E-state index contributed by atoms with van der Waals surface area (Å²) in [6.07, 6.45) is -0.0343. The van der Waals surface area contributed by atoms with E-state index in [0.29, 0.717) is 11.3 Å². The average molecular weight is 366 g/mol. The maximum Gasteiger partial charge on any atom is 0.310 e. The van der Waals surface area contributed by atoms with Crippen LogP contribution in [-0.4, -0.2) is 25.6 Å². The van der Waals surface area contributed by atoms with Gasteiger partial charge < -0.3 is 14.8 Å². The van der Waals surface area contributed by atoms with Crippen molar-refractivity contribution in [3.8, 4) is 5.75 Å². The Morgan fingerprint density at radius 2 is 1.96 bits per heavy atom. The van der Waals surface area contributed by atoms with Crippen LogP contribution in [-0.2, 0) is 20.7 Å². The highest BCUT2D eigenvalue weighted by Crippen LogP contribution is 2.21. The number of esters is 1. The van der Waals surface area contributed by atoms with Crippen LogP contribution in [0.4, 0.5) is 10.1 Å².